The van der Waals surface area contributed by atoms with E-state index in [0.29, 0.717) is 38.2 Å². The Bertz CT molecular complexity index is 981. The molecule has 29 heavy (non-hydrogen) atoms. The van der Waals surface area contributed by atoms with E-state index >= 15 is 0 Å². The molecule has 3 N–H and O–H groups in total. The zero-order valence-electron chi connectivity index (χ0n) is 15.8. The normalized spacial score (nSPS) is 14.6. The van der Waals surface area contributed by atoms with Gasteiger partial charge in [-0.1, -0.05) is 6.07 Å². The Morgan fingerprint density at radius 2 is 1.76 bits per heavy atom. The Morgan fingerprint density at radius 3 is 2.45 bits per heavy atom. The summed E-state index contributed by atoms with van der Waals surface area (Å²) >= 11 is 1.10. The third kappa shape index (κ3) is 5.14. The Hall–Kier alpha value is -2.43. The zero-order valence-corrected chi connectivity index (χ0v) is 17.4. The number of sulfonamides is 1. The first-order valence-corrected chi connectivity index (χ1v) is 11.6. The van der Waals surface area contributed by atoms with E-state index < -0.39 is 15.9 Å². The molecule has 10 heteroatoms. The molecule has 3 rings (SSSR count). The number of carbonyl (C=O) groups is 2. The van der Waals surface area contributed by atoms with Gasteiger partial charge in [0.05, 0.1) is 0 Å². The summed E-state index contributed by atoms with van der Waals surface area (Å²) in [4.78, 5) is 24.7. The van der Waals surface area contributed by atoms with E-state index in [1.807, 2.05) is 0 Å². The maximum Gasteiger partial charge on any atom is 0.262 e. The average molecular weight is 438 g/mol. The first-order valence-electron chi connectivity index (χ1n) is 9.32. The molecule has 0 aliphatic carbocycles. The van der Waals surface area contributed by atoms with Crippen molar-refractivity contribution in [2.24, 2.45) is 0 Å². The number of rotatable bonds is 8. The van der Waals surface area contributed by atoms with E-state index in [4.69, 9.17) is 0 Å². The molecule has 2 heterocycles. The second-order valence-electron chi connectivity index (χ2n) is 6.64. The fourth-order valence-electron chi connectivity index (χ4n) is 3.06. The SMILES string of the molecule is O=C(NCCCNC(=O)c1sccc1S(=O)(=O)N1CCCC1)c1cccc(O)c1. The lowest BCUT2D eigenvalue weighted by Gasteiger charge is -2.15. The second-order valence-corrected chi connectivity index (χ2v) is 9.46. The molecule has 1 fully saturated rings. The minimum atomic E-state index is -3.65. The van der Waals surface area contributed by atoms with E-state index in [1.54, 1.807) is 17.5 Å². The topological polar surface area (TPSA) is 116 Å². The minimum Gasteiger partial charge on any atom is -0.508 e. The van der Waals surface area contributed by atoms with Gasteiger partial charge in [0.15, 0.2) is 0 Å². The standard InChI is InChI=1S/C19H23N3O5S2/c23-15-6-3-5-14(13-15)18(24)20-8-4-9-21-19(25)17-16(7-12-28-17)29(26,27)22-10-1-2-11-22/h3,5-7,12-13,23H,1-2,4,8-11H2,(H,20,24)(H,21,25). The van der Waals surface area contributed by atoms with Gasteiger partial charge in [-0.15, -0.1) is 11.3 Å². The van der Waals surface area contributed by atoms with Crippen LogP contribution in [-0.2, 0) is 10.0 Å². The monoisotopic (exact) mass is 437 g/mol. The average Bonchev–Trinajstić information content (AvgIpc) is 3.39. The number of carbonyl (C=O) groups excluding carboxylic acids is 2. The third-order valence-electron chi connectivity index (χ3n) is 4.55. The Kier molecular flexibility index (Phi) is 6.88. The highest BCUT2D eigenvalue weighted by molar-refractivity contribution is 7.89. The summed E-state index contributed by atoms with van der Waals surface area (Å²) in [5.41, 5.74) is 0.351. The van der Waals surface area contributed by atoms with Crippen molar-refractivity contribution in [3.05, 3.63) is 46.2 Å². The number of nitrogens with one attached hydrogen (secondary N) is 2. The quantitative estimate of drug-likeness (QED) is 0.545. The fraction of sp³-hybridized carbons (Fsp3) is 0.368. The molecule has 0 atom stereocenters. The van der Waals surface area contributed by atoms with Crippen molar-refractivity contribution >= 4 is 33.2 Å². The third-order valence-corrected chi connectivity index (χ3v) is 7.53. The summed E-state index contributed by atoms with van der Waals surface area (Å²) in [5, 5.41) is 16.4. The van der Waals surface area contributed by atoms with Crippen molar-refractivity contribution in [2.45, 2.75) is 24.2 Å². The first-order chi connectivity index (χ1) is 13.9. The highest BCUT2D eigenvalue weighted by Crippen LogP contribution is 2.27. The van der Waals surface area contributed by atoms with Crippen molar-refractivity contribution < 1.29 is 23.1 Å². The molecule has 0 radical (unpaired) electrons. The first kappa shape index (κ1) is 21.3. The van der Waals surface area contributed by atoms with Crippen molar-refractivity contribution in [2.75, 3.05) is 26.2 Å². The summed E-state index contributed by atoms with van der Waals surface area (Å²) in [7, 11) is -3.65. The molecule has 1 aliphatic heterocycles. The van der Waals surface area contributed by atoms with Gasteiger partial charge in [0.1, 0.15) is 15.5 Å². The van der Waals surface area contributed by atoms with Gasteiger partial charge >= 0.3 is 0 Å². The van der Waals surface area contributed by atoms with Crippen LogP contribution in [0.2, 0.25) is 0 Å². The maximum absolute atomic E-state index is 12.7. The van der Waals surface area contributed by atoms with Crippen LogP contribution in [0, 0.1) is 0 Å². The van der Waals surface area contributed by atoms with Gasteiger partial charge < -0.3 is 15.7 Å². The number of hydrogen-bond donors (Lipinski definition) is 3. The smallest absolute Gasteiger partial charge is 0.262 e. The zero-order chi connectivity index (χ0) is 20.9. The van der Waals surface area contributed by atoms with Gasteiger partial charge in [-0.3, -0.25) is 9.59 Å². The van der Waals surface area contributed by atoms with Crippen molar-refractivity contribution in [1.29, 1.82) is 0 Å². The van der Waals surface area contributed by atoms with Gasteiger partial charge in [0.2, 0.25) is 10.0 Å². The molecular weight excluding hydrogens is 414 g/mol. The molecule has 8 nitrogen and oxygen atoms in total. The molecule has 0 bridgehead atoms. The van der Waals surface area contributed by atoms with Gasteiger partial charge in [0, 0.05) is 31.7 Å². The predicted octanol–water partition coefficient (Wildman–Crippen LogP) is 1.79. The summed E-state index contributed by atoms with van der Waals surface area (Å²) in [6.45, 7) is 1.59. The molecule has 2 amide bonds. The number of phenolic OH excluding ortho intramolecular Hbond substituents is 1. The number of aromatic hydroxyl groups is 1. The predicted molar refractivity (Wildman–Crippen MR) is 110 cm³/mol. The van der Waals surface area contributed by atoms with Gasteiger partial charge in [-0.25, -0.2) is 8.42 Å². The van der Waals surface area contributed by atoms with Crippen molar-refractivity contribution in [3.63, 3.8) is 0 Å². The largest absolute Gasteiger partial charge is 0.508 e. The Balaban J connectivity index is 1.48. The van der Waals surface area contributed by atoms with E-state index in [2.05, 4.69) is 10.6 Å². The molecule has 0 saturated carbocycles. The molecule has 1 aromatic carbocycles. The Morgan fingerprint density at radius 1 is 1.07 bits per heavy atom. The van der Waals surface area contributed by atoms with Crippen LogP contribution >= 0.6 is 11.3 Å². The molecule has 0 unspecified atom stereocenters. The lowest BCUT2D eigenvalue weighted by atomic mass is 10.2. The number of nitrogens with zero attached hydrogens (tertiary/aromatic N) is 1. The maximum atomic E-state index is 12.7. The van der Waals surface area contributed by atoms with Gasteiger partial charge in [-0.2, -0.15) is 4.31 Å². The number of hydrogen-bond acceptors (Lipinski definition) is 6. The van der Waals surface area contributed by atoms with E-state index in [-0.39, 0.29) is 21.4 Å². The molecule has 156 valence electrons. The highest BCUT2D eigenvalue weighted by Gasteiger charge is 2.31. The van der Waals surface area contributed by atoms with E-state index in [9.17, 15) is 23.1 Å². The summed E-state index contributed by atoms with van der Waals surface area (Å²) in [6.07, 6.45) is 2.15. The number of amides is 2. The summed E-state index contributed by atoms with van der Waals surface area (Å²) < 4.78 is 26.9. The molecule has 0 spiro atoms. The molecule has 1 aromatic heterocycles. The van der Waals surface area contributed by atoms with Crippen LogP contribution in [0.4, 0.5) is 0 Å². The van der Waals surface area contributed by atoms with E-state index in [0.717, 1.165) is 24.2 Å². The van der Waals surface area contributed by atoms with Crippen LogP contribution in [-0.4, -0.2) is 55.8 Å². The van der Waals surface area contributed by atoms with Gasteiger partial charge in [-0.05, 0) is 48.9 Å². The van der Waals surface area contributed by atoms with Crippen LogP contribution in [0.15, 0.2) is 40.6 Å². The van der Waals surface area contributed by atoms with Gasteiger partial charge in [0.25, 0.3) is 11.8 Å². The number of benzene rings is 1. The van der Waals surface area contributed by atoms with Crippen LogP contribution in [0.5, 0.6) is 5.75 Å². The lowest BCUT2D eigenvalue weighted by Crippen LogP contribution is -2.32. The molecule has 1 saturated heterocycles. The summed E-state index contributed by atoms with van der Waals surface area (Å²) in [6, 6.07) is 7.50. The molecular formula is C19H23N3O5S2. The second kappa shape index (κ2) is 9.38. The summed E-state index contributed by atoms with van der Waals surface area (Å²) in [5.74, 6) is -0.734. The van der Waals surface area contributed by atoms with Crippen LogP contribution in [0.25, 0.3) is 0 Å². The van der Waals surface area contributed by atoms with Crippen LogP contribution in [0.1, 0.15) is 39.3 Å². The number of thiophene rings is 1. The molecule has 2 aromatic rings. The number of phenols is 1. The minimum absolute atomic E-state index is 0.0144. The van der Waals surface area contributed by atoms with Crippen LogP contribution < -0.4 is 10.6 Å². The molecule has 1 aliphatic rings. The van der Waals surface area contributed by atoms with E-state index in [1.165, 1.54) is 22.5 Å². The fourth-order valence-corrected chi connectivity index (χ4v) is 5.89. The highest BCUT2D eigenvalue weighted by atomic mass is 32.2. The van der Waals surface area contributed by atoms with Crippen LogP contribution in [0.3, 0.4) is 0 Å². The van der Waals surface area contributed by atoms with Crippen molar-refractivity contribution in [1.82, 2.24) is 14.9 Å². The Labute approximate surface area is 173 Å². The van der Waals surface area contributed by atoms with Crippen molar-refractivity contribution in [3.8, 4) is 5.75 Å². The lowest BCUT2D eigenvalue weighted by molar-refractivity contribution is 0.0951.